The number of nitrogens with zero attached hydrogens (tertiary/aromatic N) is 2. The second-order valence-corrected chi connectivity index (χ2v) is 8.30. The largest absolute Gasteiger partial charge is 0.426 e. The van der Waals surface area contributed by atoms with Crippen molar-refractivity contribution in [2.75, 3.05) is 0 Å². The molecule has 0 aliphatic heterocycles. The van der Waals surface area contributed by atoms with Crippen molar-refractivity contribution in [2.45, 2.75) is 27.7 Å². The molecule has 0 amide bonds. The van der Waals surface area contributed by atoms with Crippen LogP contribution in [0.2, 0.25) is 0 Å². The summed E-state index contributed by atoms with van der Waals surface area (Å²) in [6.45, 7) is 4.99. The Balaban J connectivity index is 2.07. The lowest BCUT2D eigenvalue weighted by Crippen LogP contribution is -2.11. The van der Waals surface area contributed by atoms with Crippen molar-refractivity contribution >= 4 is 23.9 Å². The van der Waals surface area contributed by atoms with E-state index in [1.165, 1.54) is 44.5 Å². The number of esters is 4. The Morgan fingerprint density at radius 2 is 1.03 bits per heavy atom. The molecule has 4 aromatic rings. The lowest BCUT2D eigenvalue weighted by Gasteiger charge is -2.16. The molecule has 0 atom stereocenters. The Kier molecular flexibility index (Phi) is 7.85. The Morgan fingerprint density at radius 3 is 1.49 bits per heavy atom. The van der Waals surface area contributed by atoms with Crippen molar-refractivity contribution in [3.63, 3.8) is 0 Å². The van der Waals surface area contributed by atoms with Crippen molar-refractivity contribution in [1.82, 2.24) is 9.78 Å². The molecule has 1 aromatic heterocycles. The standard InChI is InChI=1S/C29H24N2O8/c1-17(32)36-24-12-8-13-25(37-18(2)33)28(24)22-16-23(21-10-6-5-7-11-21)31(30-22)29-26(38-19(3)34)14-9-15-27(29)39-20(4)35/h5-16H,1-4H3. The summed E-state index contributed by atoms with van der Waals surface area (Å²) in [6, 6.07) is 20.2. The lowest BCUT2D eigenvalue weighted by molar-refractivity contribution is -0.133. The highest BCUT2D eigenvalue weighted by atomic mass is 16.6. The van der Waals surface area contributed by atoms with Crippen molar-refractivity contribution in [3.8, 4) is 51.2 Å². The number of rotatable bonds is 7. The van der Waals surface area contributed by atoms with Crippen LogP contribution in [0.25, 0.3) is 28.2 Å². The summed E-state index contributed by atoms with van der Waals surface area (Å²) in [4.78, 5) is 47.7. The molecule has 0 spiro atoms. The first-order valence-corrected chi connectivity index (χ1v) is 11.8. The fourth-order valence-electron chi connectivity index (χ4n) is 3.92. The first-order chi connectivity index (χ1) is 18.6. The zero-order valence-corrected chi connectivity index (χ0v) is 21.6. The van der Waals surface area contributed by atoms with Crippen molar-refractivity contribution in [3.05, 3.63) is 72.8 Å². The number of carbonyl (C=O) groups is 4. The van der Waals surface area contributed by atoms with Crippen molar-refractivity contribution < 1.29 is 38.1 Å². The second kappa shape index (κ2) is 11.4. The van der Waals surface area contributed by atoms with Crippen LogP contribution in [0.1, 0.15) is 27.7 Å². The smallest absolute Gasteiger partial charge is 0.308 e. The minimum atomic E-state index is -0.595. The molecule has 0 saturated carbocycles. The molecule has 0 aliphatic rings. The predicted octanol–water partition coefficient (Wildman–Crippen LogP) is 4.91. The van der Waals surface area contributed by atoms with Gasteiger partial charge in [0.25, 0.3) is 0 Å². The van der Waals surface area contributed by atoms with Gasteiger partial charge in [-0.15, -0.1) is 0 Å². The average molecular weight is 529 g/mol. The Hall–Kier alpha value is -5.25. The molecular weight excluding hydrogens is 504 g/mol. The van der Waals surface area contributed by atoms with Crippen LogP contribution < -0.4 is 18.9 Å². The third-order valence-corrected chi connectivity index (χ3v) is 5.21. The summed E-state index contributed by atoms with van der Waals surface area (Å²) in [5.74, 6) is -1.97. The molecule has 10 heteroatoms. The Bertz CT molecular complexity index is 1510. The number of aromatic nitrogens is 2. The zero-order valence-electron chi connectivity index (χ0n) is 21.6. The Morgan fingerprint density at radius 1 is 0.590 bits per heavy atom. The normalized spacial score (nSPS) is 10.5. The number of carbonyl (C=O) groups excluding carboxylic acids is 4. The number of hydrogen-bond acceptors (Lipinski definition) is 9. The molecule has 0 N–H and O–H groups in total. The van der Waals surface area contributed by atoms with Crippen LogP contribution in [0.4, 0.5) is 0 Å². The van der Waals surface area contributed by atoms with Gasteiger partial charge >= 0.3 is 23.9 Å². The van der Waals surface area contributed by atoms with Crippen LogP contribution >= 0.6 is 0 Å². The summed E-state index contributed by atoms with van der Waals surface area (Å²) in [7, 11) is 0. The molecule has 0 bridgehead atoms. The maximum absolute atomic E-state index is 11.9. The van der Waals surface area contributed by atoms with E-state index in [0.29, 0.717) is 11.3 Å². The van der Waals surface area contributed by atoms with Crippen molar-refractivity contribution in [1.29, 1.82) is 0 Å². The zero-order chi connectivity index (χ0) is 28.1. The minimum Gasteiger partial charge on any atom is -0.426 e. The fourth-order valence-corrected chi connectivity index (χ4v) is 3.92. The predicted molar refractivity (Wildman–Crippen MR) is 140 cm³/mol. The van der Waals surface area contributed by atoms with Crippen LogP contribution in [0.3, 0.4) is 0 Å². The molecule has 10 nitrogen and oxygen atoms in total. The molecule has 198 valence electrons. The Labute approximate surface area is 223 Å². The second-order valence-electron chi connectivity index (χ2n) is 8.30. The fraction of sp³-hybridized carbons (Fsp3) is 0.138. The average Bonchev–Trinajstić information content (AvgIpc) is 3.28. The van der Waals surface area contributed by atoms with Gasteiger partial charge in [-0.3, -0.25) is 19.2 Å². The van der Waals surface area contributed by atoms with Gasteiger partial charge in [-0.05, 0) is 30.3 Å². The topological polar surface area (TPSA) is 123 Å². The number of ether oxygens (including phenoxy) is 4. The summed E-state index contributed by atoms with van der Waals surface area (Å²) in [6.07, 6.45) is 0. The van der Waals surface area contributed by atoms with E-state index >= 15 is 0 Å². The SMILES string of the molecule is CC(=O)Oc1cccc(OC(C)=O)c1-c1cc(-c2ccccc2)n(-c2c(OC(C)=O)cccc2OC(C)=O)n1. The molecule has 39 heavy (non-hydrogen) atoms. The lowest BCUT2D eigenvalue weighted by atomic mass is 10.1. The van der Waals surface area contributed by atoms with Crippen LogP contribution in [0.5, 0.6) is 23.0 Å². The first kappa shape index (κ1) is 26.8. The van der Waals surface area contributed by atoms with E-state index in [1.54, 1.807) is 30.3 Å². The van der Waals surface area contributed by atoms with E-state index in [-0.39, 0.29) is 39.9 Å². The van der Waals surface area contributed by atoms with Crippen LogP contribution in [0, 0.1) is 0 Å². The molecule has 0 radical (unpaired) electrons. The summed E-state index contributed by atoms with van der Waals surface area (Å²) in [5, 5.41) is 4.75. The molecular formula is C29H24N2O8. The first-order valence-electron chi connectivity index (χ1n) is 11.8. The van der Waals surface area contributed by atoms with E-state index in [1.807, 2.05) is 30.3 Å². The van der Waals surface area contributed by atoms with E-state index in [4.69, 9.17) is 24.0 Å². The van der Waals surface area contributed by atoms with Gasteiger partial charge in [-0.1, -0.05) is 42.5 Å². The van der Waals surface area contributed by atoms with Gasteiger partial charge in [0, 0.05) is 33.3 Å². The van der Waals surface area contributed by atoms with Gasteiger partial charge in [0.05, 0.1) is 11.3 Å². The summed E-state index contributed by atoms with van der Waals surface area (Å²) < 4.78 is 23.2. The maximum atomic E-state index is 11.9. The molecule has 3 aromatic carbocycles. The number of benzene rings is 3. The highest BCUT2D eigenvalue weighted by molar-refractivity contribution is 5.84. The van der Waals surface area contributed by atoms with Crippen LogP contribution in [-0.2, 0) is 19.2 Å². The maximum Gasteiger partial charge on any atom is 0.308 e. The number of hydrogen-bond donors (Lipinski definition) is 0. The van der Waals surface area contributed by atoms with Gasteiger partial charge in [0.2, 0.25) is 0 Å². The van der Waals surface area contributed by atoms with Gasteiger partial charge in [0.15, 0.2) is 17.2 Å². The number of para-hydroxylation sites is 1. The molecule has 1 heterocycles. The quantitative estimate of drug-likeness (QED) is 0.243. The third kappa shape index (κ3) is 6.19. The highest BCUT2D eigenvalue weighted by Gasteiger charge is 2.25. The van der Waals surface area contributed by atoms with Crippen LogP contribution in [-0.4, -0.2) is 33.7 Å². The van der Waals surface area contributed by atoms with Gasteiger partial charge in [-0.25, -0.2) is 4.68 Å². The molecule has 0 saturated heterocycles. The minimum absolute atomic E-state index is 0.0848. The molecule has 0 fully saturated rings. The monoisotopic (exact) mass is 528 g/mol. The van der Waals surface area contributed by atoms with E-state index in [2.05, 4.69) is 0 Å². The summed E-state index contributed by atoms with van der Waals surface area (Å²) in [5.41, 5.74) is 1.88. The molecule has 4 rings (SSSR count). The van der Waals surface area contributed by atoms with Gasteiger partial charge in [-0.2, -0.15) is 5.10 Å². The third-order valence-electron chi connectivity index (χ3n) is 5.21. The van der Waals surface area contributed by atoms with Crippen molar-refractivity contribution in [2.24, 2.45) is 0 Å². The van der Waals surface area contributed by atoms with Gasteiger partial charge < -0.3 is 18.9 Å². The molecule has 0 aliphatic carbocycles. The van der Waals surface area contributed by atoms with E-state index in [0.717, 1.165) is 0 Å². The van der Waals surface area contributed by atoms with Gasteiger partial charge in [0.1, 0.15) is 17.2 Å². The van der Waals surface area contributed by atoms with Crippen LogP contribution in [0.15, 0.2) is 72.8 Å². The van der Waals surface area contributed by atoms with E-state index in [9.17, 15) is 19.2 Å². The molecule has 0 unspecified atom stereocenters. The summed E-state index contributed by atoms with van der Waals surface area (Å²) >= 11 is 0. The highest BCUT2D eigenvalue weighted by Crippen LogP contribution is 2.42. The van der Waals surface area contributed by atoms with E-state index < -0.39 is 23.9 Å².